The number of aromatic nitrogens is 3. The number of hydrogen-bond donors (Lipinski definition) is 2. The lowest BCUT2D eigenvalue weighted by atomic mass is 9.83. The molecule has 128 valence electrons. The summed E-state index contributed by atoms with van der Waals surface area (Å²) in [5.41, 5.74) is 1.69. The van der Waals surface area contributed by atoms with Crippen LogP contribution in [0.15, 0.2) is 0 Å². The first-order valence-electron chi connectivity index (χ1n) is 9.06. The zero-order chi connectivity index (χ0) is 16.3. The molecule has 0 atom stereocenters. The molecule has 0 bridgehead atoms. The van der Waals surface area contributed by atoms with Gasteiger partial charge in [0.15, 0.2) is 5.69 Å². The zero-order valence-corrected chi connectivity index (χ0v) is 14.4. The van der Waals surface area contributed by atoms with Crippen LogP contribution < -0.4 is 10.6 Å². The Morgan fingerprint density at radius 2 is 2.04 bits per heavy atom. The number of nitrogens with one attached hydrogen (secondary N) is 2. The molecule has 1 saturated heterocycles. The standard InChI is InChI=1S/C17H29N5O/c1-3-17(8-4-5-9-17)12-19-16(23)15-13(2)22(21-20-15)14-6-10-18-11-7-14/h14,18H,3-12H2,1-2H3,(H,19,23). The molecule has 1 aromatic rings. The fourth-order valence-corrected chi connectivity index (χ4v) is 4.08. The van der Waals surface area contributed by atoms with E-state index in [1.807, 2.05) is 11.6 Å². The third-order valence-corrected chi connectivity index (χ3v) is 5.84. The van der Waals surface area contributed by atoms with E-state index < -0.39 is 0 Å². The van der Waals surface area contributed by atoms with Gasteiger partial charge in [0.05, 0.1) is 11.7 Å². The van der Waals surface area contributed by atoms with Crippen LogP contribution in [0.1, 0.15) is 74.1 Å². The molecule has 2 heterocycles. The van der Waals surface area contributed by atoms with E-state index in [2.05, 4.69) is 27.9 Å². The summed E-state index contributed by atoms with van der Waals surface area (Å²) < 4.78 is 1.95. The second-order valence-corrected chi connectivity index (χ2v) is 7.19. The molecule has 1 amide bonds. The maximum atomic E-state index is 12.5. The van der Waals surface area contributed by atoms with Crippen molar-refractivity contribution in [2.75, 3.05) is 19.6 Å². The quantitative estimate of drug-likeness (QED) is 0.873. The highest BCUT2D eigenvalue weighted by Gasteiger charge is 2.33. The molecule has 0 radical (unpaired) electrons. The SMILES string of the molecule is CCC1(CNC(=O)c2nnn(C3CCNCC3)c2C)CCCC1. The maximum Gasteiger partial charge on any atom is 0.273 e. The van der Waals surface area contributed by atoms with Gasteiger partial charge in [0.2, 0.25) is 0 Å². The molecule has 0 spiro atoms. The number of amides is 1. The minimum atomic E-state index is -0.0672. The molecule has 0 aromatic carbocycles. The lowest BCUT2D eigenvalue weighted by molar-refractivity contribution is 0.0923. The smallest absolute Gasteiger partial charge is 0.273 e. The van der Waals surface area contributed by atoms with E-state index in [4.69, 9.17) is 0 Å². The Labute approximate surface area is 138 Å². The van der Waals surface area contributed by atoms with Gasteiger partial charge in [-0.2, -0.15) is 0 Å². The first kappa shape index (κ1) is 16.4. The van der Waals surface area contributed by atoms with Crippen LogP contribution in [0.2, 0.25) is 0 Å². The third kappa shape index (κ3) is 3.42. The van der Waals surface area contributed by atoms with E-state index in [0.29, 0.717) is 17.2 Å². The minimum Gasteiger partial charge on any atom is -0.350 e. The summed E-state index contributed by atoms with van der Waals surface area (Å²) in [5, 5.41) is 14.9. The van der Waals surface area contributed by atoms with Crippen LogP contribution >= 0.6 is 0 Å². The Morgan fingerprint density at radius 1 is 1.35 bits per heavy atom. The van der Waals surface area contributed by atoms with Crippen LogP contribution in [-0.2, 0) is 0 Å². The number of carbonyl (C=O) groups is 1. The first-order valence-corrected chi connectivity index (χ1v) is 9.06. The highest BCUT2D eigenvalue weighted by Crippen LogP contribution is 2.40. The fraction of sp³-hybridized carbons (Fsp3) is 0.824. The van der Waals surface area contributed by atoms with E-state index in [9.17, 15) is 4.79 Å². The van der Waals surface area contributed by atoms with Gasteiger partial charge in [0, 0.05) is 6.54 Å². The molecule has 23 heavy (non-hydrogen) atoms. The molecule has 0 unspecified atom stereocenters. The number of nitrogens with zero attached hydrogens (tertiary/aromatic N) is 3. The van der Waals surface area contributed by atoms with Crippen molar-refractivity contribution in [2.24, 2.45) is 5.41 Å². The van der Waals surface area contributed by atoms with Crippen molar-refractivity contribution in [1.82, 2.24) is 25.6 Å². The number of piperidine rings is 1. The van der Waals surface area contributed by atoms with Crippen LogP contribution in [0.4, 0.5) is 0 Å². The van der Waals surface area contributed by atoms with Gasteiger partial charge in [0.25, 0.3) is 5.91 Å². The van der Waals surface area contributed by atoms with Crippen molar-refractivity contribution < 1.29 is 4.79 Å². The third-order valence-electron chi connectivity index (χ3n) is 5.84. The molecule has 6 nitrogen and oxygen atoms in total. The topological polar surface area (TPSA) is 71.8 Å². The molecule has 6 heteroatoms. The fourth-order valence-electron chi connectivity index (χ4n) is 4.08. The largest absolute Gasteiger partial charge is 0.350 e. The summed E-state index contributed by atoms with van der Waals surface area (Å²) in [4.78, 5) is 12.5. The van der Waals surface area contributed by atoms with Gasteiger partial charge in [-0.3, -0.25) is 4.79 Å². The molecule has 1 aliphatic heterocycles. The first-order chi connectivity index (χ1) is 11.2. The number of rotatable bonds is 5. The van der Waals surface area contributed by atoms with E-state index >= 15 is 0 Å². The van der Waals surface area contributed by atoms with Gasteiger partial charge >= 0.3 is 0 Å². The van der Waals surface area contributed by atoms with Crippen LogP contribution in [0.25, 0.3) is 0 Å². The van der Waals surface area contributed by atoms with Crippen LogP contribution in [0.5, 0.6) is 0 Å². The molecule has 2 aliphatic rings. The summed E-state index contributed by atoms with van der Waals surface area (Å²) in [5.74, 6) is -0.0672. The van der Waals surface area contributed by atoms with Crippen molar-refractivity contribution in [2.45, 2.75) is 64.8 Å². The highest BCUT2D eigenvalue weighted by atomic mass is 16.2. The Hall–Kier alpha value is -1.43. The monoisotopic (exact) mass is 319 g/mol. The predicted molar refractivity (Wildman–Crippen MR) is 89.4 cm³/mol. The van der Waals surface area contributed by atoms with E-state index in [1.165, 1.54) is 25.7 Å². The van der Waals surface area contributed by atoms with Gasteiger partial charge in [-0.05, 0) is 57.5 Å². The molecule has 1 saturated carbocycles. The van der Waals surface area contributed by atoms with E-state index in [-0.39, 0.29) is 5.91 Å². The van der Waals surface area contributed by atoms with Crippen molar-refractivity contribution in [1.29, 1.82) is 0 Å². The van der Waals surface area contributed by atoms with Gasteiger partial charge in [0.1, 0.15) is 0 Å². The zero-order valence-electron chi connectivity index (χ0n) is 14.4. The molecule has 1 aliphatic carbocycles. The van der Waals surface area contributed by atoms with Gasteiger partial charge in [-0.1, -0.05) is 25.0 Å². The lowest BCUT2D eigenvalue weighted by Crippen LogP contribution is -2.36. The van der Waals surface area contributed by atoms with Crippen molar-refractivity contribution in [3.05, 3.63) is 11.4 Å². The molecular weight excluding hydrogens is 290 g/mol. The normalized spacial score (nSPS) is 21.5. The van der Waals surface area contributed by atoms with Crippen molar-refractivity contribution in [3.8, 4) is 0 Å². The summed E-state index contributed by atoms with van der Waals surface area (Å²) in [6, 6.07) is 0.363. The lowest BCUT2D eigenvalue weighted by Gasteiger charge is -2.27. The summed E-state index contributed by atoms with van der Waals surface area (Å²) in [6.45, 7) is 6.97. The maximum absolute atomic E-state index is 12.5. The number of hydrogen-bond acceptors (Lipinski definition) is 4. The second kappa shape index (κ2) is 6.99. The molecule has 2 N–H and O–H groups in total. The van der Waals surface area contributed by atoms with Crippen LogP contribution in [0.3, 0.4) is 0 Å². The van der Waals surface area contributed by atoms with Crippen molar-refractivity contribution in [3.63, 3.8) is 0 Å². The average molecular weight is 319 g/mol. The second-order valence-electron chi connectivity index (χ2n) is 7.19. The average Bonchev–Trinajstić information content (AvgIpc) is 3.21. The Kier molecular flexibility index (Phi) is 4.99. The Morgan fingerprint density at radius 3 is 2.70 bits per heavy atom. The summed E-state index contributed by atoms with van der Waals surface area (Å²) in [7, 11) is 0. The summed E-state index contributed by atoms with van der Waals surface area (Å²) >= 11 is 0. The van der Waals surface area contributed by atoms with Gasteiger partial charge in [-0.25, -0.2) is 4.68 Å². The van der Waals surface area contributed by atoms with E-state index in [0.717, 1.165) is 44.6 Å². The van der Waals surface area contributed by atoms with Gasteiger partial charge < -0.3 is 10.6 Å². The van der Waals surface area contributed by atoms with Crippen LogP contribution in [0, 0.1) is 12.3 Å². The Bertz CT molecular complexity index is 541. The summed E-state index contributed by atoms with van der Waals surface area (Å²) in [6.07, 6.45) is 8.25. The van der Waals surface area contributed by atoms with Gasteiger partial charge in [-0.15, -0.1) is 5.10 Å². The minimum absolute atomic E-state index is 0.0672. The molecule has 3 rings (SSSR count). The predicted octanol–water partition coefficient (Wildman–Crippen LogP) is 2.21. The molecular formula is C17H29N5O. The molecule has 2 fully saturated rings. The highest BCUT2D eigenvalue weighted by molar-refractivity contribution is 5.93. The van der Waals surface area contributed by atoms with Crippen molar-refractivity contribution >= 4 is 5.91 Å². The van der Waals surface area contributed by atoms with Crippen LogP contribution in [-0.4, -0.2) is 40.5 Å². The Balaban J connectivity index is 1.64. The van der Waals surface area contributed by atoms with E-state index in [1.54, 1.807) is 0 Å². The molecule has 1 aromatic heterocycles. The number of carbonyl (C=O) groups excluding carboxylic acids is 1.